The summed E-state index contributed by atoms with van der Waals surface area (Å²) in [4.78, 5) is 28.6. The van der Waals surface area contributed by atoms with Crippen molar-refractivity contribution >= 4 is 10.9 Å². The zero-order valence-corrected chi connectivity index (χ0v) is 17.6. The maximum absolute atomic E-state index is 13.3. The maximum atomic E-state index is 13.3. The molecule has 0 amide bonds. The number of aromatic nitrogens is 3. The molecule has 7 heteroatoms. The van der Waals surface area contributed by atoms with E-state index in [4.69, 9.17) is 4.74 Å². The molecule has 1 aliphatic rings. The average Bonchev–Trinajstić information content (AvgIpc) is 3.36. The number of pyridine rings is 1. The van der Waals surface area contributed by atoms with Gasteiger partial charge in [-0.3, -0.25) is 19.6 Å². The molecule has 1 aromatic carbocycles. The van der Waals surface area contributed by atoms with Crippen LogP contribution in [0.2, 0.25) is 0 Å². The topological polar surface area (TPSA) is 72.3 Å². The molecule has 7 nitrogen and oxygen atoms in total. The normalized spacial score (nSPS) is 14.7. The van der Waals surface area contributed by atoms with Crippen LogP contribution < -0.4 is 11.1 Å². The molecular weight excluding hydrogens is 380 g/mol. The molecule has 1 N–H and O–H groups in total. The molecule has 30 heavy (non-hydrogen) atoms. The first-order valence-electron chi connectivity index (χ1n) is 10.9. The van der Waals surface area contributed by atoms with E-state index in [0.717, 1.165) is 43.6 Å². The van der Waals surface area contributed by atoms with Crippen molar-refractivity contribution in [1.82, 2.24) is 19.2 Å². The van der Waals surface area contributed by atoms with Crippen molar-refractivity contribution in [3.8, 4) is 0 Å². The Bertz CT molecular complexity index is 1090. The summed E-state index contributed by atoms with van der Waals surface area (Å²) in [7, 11) is 0. The van der Waals surface area contributed by atoms with Crippen molar-refractivity contribution in [2.45, 2.75) is 45.8 Å². The third kappa shape index (κ3) is 4.42. The van der Waals surface area contributed by atoms with Gasteiger partial charge in [-0.25, -0.2) is 4.68 Å². The standard InChI is InChI=1S/C23H30N4O3/c1-2-30-14-8-13-26-20(17-25-11-6-7-12-25)22-19(15-21(26)28)24-27(23(22)29)16-18-9-4-3-5-10-18/h3-5,9-10,15,24H,2,6-8,11-14,16-17H2,1H3. The van der Waals surface area contributed by atoms with Crippen molar-refractivity contribution in [1.29, 1.82) is 0 Å². The third-order valence-corrected chi connectivity index (χ3v) is 5.76. The van der Waals surface area contributed by atoms with E-state index in [1.807, 2.05) is 37.3 Å². The molecule has 3 aromatic rings. The van der Waals surface area contributed by atoms with Crippen molar-refractivity contribution in [3.05, 3.63) is 68.4 Å². The average molecular weight is 411 g/mol. The molecule has 3 heterocycles. The highest BCUT2D eigenvalue weighted by molar-refractivity contribution is 5.80. The van der Waals surface area contributed by atoms with Crippen molar-refractivity contribution < 1.29 is 4.74 Å². The minimum absolute atomic E-state index is 0.0680. The van der Waals surface area contributed by atoms with E-state index in [1.54, 1.807) is 15.3 Å². The fourth-order valence-corrected chi connectivity index (χ4v) is 4.26. The zero-order valence-electron chi connectivity index (χ0n) is 17.6. The summed E-state index contributed by atoms with van der Waals surface area (Å²) in [6.07, 6.45) is 3.07. The number of rotatable bonds is 9. The maximum Gasteiger partial charge on any atom is 0.276 e. The molecule has 1 fully saturated rings. The number of aromatic amines is 1. The van der Waals surface area contributed by atoms with E-state index < -0.39 is 0 Å². The lowest BCUT2D eigenvalue weighted by Gasteiger charge is -2.19. The first kappa shape index (κ1) is 20.6. The van der Waals surface area contributed by atoms with Gasteiger partial charge < -0.3 is 9.30 Å². The number of likely N-dealkylation sites (tertiary alicyclic amines) is 1. The van der Waals surface area contributed by atoms with Gasteiger partial charge in [0, 0.05) is 32.4 Å². The largest absolute Gasteiger partial charge is 0.382 e. The predicted molar refractivity (Wildman–Crippen MR) is 118 cm³/mol. The number of hydrogen-bond donors (Lipinski definition) is 1. The first-order chi connectivity index (χ1) is 14.7. The Morgan fingerprint density at radius 2 is 1.83 bits per heavy atom. The summed E-state index contributed by atoms with van der Waals surface area (Å²) in [5, 5.41) is 3.80. The summed E-state index contributed by atoms with van der Waals surface area (Å²) in [5.74, 6) is 0. The number of ether oxygens (including phenoxy) is 1. The Morgan fingerprint density at radius 3 is 2.57 bits per heavy atom. The Labute approximate surface area is 175 Å². The zero-order chi connectivity index (χ0) is 20.9. The van der Waals surface area contributed by atoms with Gasteiger partial charge in [0.05, 0.1) is 23.1 Å². The molecular formula is C23H30N4O3. The van der Waals surface area contributed by atoms with E-state index >= 15 is 0 Å². The fourth-order valence-electron chi connectivity index (χ4n) is 4.26. The quantitative estimate of drug-likeness (QED) is 0.551. The molecule has 0 unspecified atom stereocenters. The molecule has 4 rings (SSSR count). The van der Waals surface area contributed by atoms with Gasteiger partial charge in [0.1, 0.15) is 0 Å². The number of hydrogen-bond acceptors (Lipinski definition) is 4. The van der Waals surface area contributed by atoms with E-state index in [0.29, 0.717) is 43.8 Å². The van der Waals surface area contributed by atoms with E-state index in [1.165, 1.54) is 0 Å². The van der Waals surface area contributed by atoms with Crippen LogP contribution in [0.3, 0.4) is 0 Å². The summed E-state index contributed by atoms with van der Waals surface area (Å²) >= 11 is 0. The van der Waals surface area contributed by atoms with Crippen LogP contribution in [0.15, 0.2) is 46.0 Å². The summed E-state index contributed by atoms with van der Waals surface area (Å²) in [6.45, 7) is 6.88. The number of benzene rings is 1. The number of nitrogens with one attached hydrogen (secondary N) is 1. The Balaban J connectivity index is 1.75. The van der Waals surface area contributed by atoms with Crippen LogP contribution in [0.25, 0.3) is 10.9 Å². The van der Waals surface area contributed by atoms with E-state index in [2.05, 4.69) is 10.00 Å². The molecule has 0 aliphatic carbocycles. The molecule has 1 aliphatic heterocycles. The summed E-state index contributed by atoms with van der Waals surface area (Å²) in [5.41, 5.74) is 2.35. The summed E-state index contributed by atoms with van der Waals surface area (Å²) < 4.78 is 8.84. The van der Waals surface area contributed by atoms with Crippen LogP contribution >= 0.6 is 0 Å². The molecule has 2 aromatic heterocycles. The molecule has 0 bridgehead atoms. The second kappa shape index (κ2) is 9.45. The predicted octanol–water partition coefficient (Wildman–Crippen LogP) is 2.56. The minimum Gasteiger partial charge on any atom is -0.382 e. The monoisotopic (exact) mass is 410 g/mol. The van der Waals surface area contributed by atoms with E-state index in [-0.39, 0.29) is 11.1 Å². The highest BCUT2D eigenvalue weighted by atomic mass is 16.5. The smallest absolute Gasteiger partial charge is 0.276 e. The second-order valence-electron chi connectivity index (χ2n) is 7.89. The molecule has 0 saturated carbocycles. The number of fused-ring (bicyclic) bond motifs is 1. The lowest BCUT2D eigenvalue weighted by atomic mass is 10.2. The lowest BCUT2D eigenvalue weighted by molar-refractivity contribution is 0.141. The number of H-pyrrole nitrogens is 1. The van der Waals surface area contributed by atoms with Crippen molar-refractivity contribution in [3.63, 3.8) is 0 Å². The van der Waals surface area contributed by atoms with Crippen LogP contribution in [-0.4, -0.2) is 45.6 Å². The van der Waals surface area contributed by atoms with Gasteiger partial charge in [-0.2, -0.15) is 0 Å². The highest BCUT2D eigenvalue weighted by Crippen LogP contribution is 2.18. The molecule has 1 saturated heterocycles. The summed E-state index contributed by atoms with van der Waals surface area (Å²) in [6, 6.07) is 11.4. The van der Waals surface area contributed by atoms with Crippen LogP contribution in [0, 0.1) is 0 Å². The van der Waals surface area contributed by atoms with Gasteiger partial charge in [-0.15, -0.1) is 0 Å². The fraction of sp³-hybridized carbons (Fsp3) is 0.478. The van der Waals surface area contributed by atoms with Gasteiger partial charge in [0.2, 0.25) is 0 Å². The van der Waals surface area contributed by atoms with Crippen LogP contribution in [0.5, 0.6) is 0 Å². The van der Waals surface area contributed by atoms with Gasteiger partial charge in [0.25, 0.3) is 11.1 Å². The Kier molecular flexibility index (Phi) is 6.50. The molecule has 0 atom stereocenters. The van der Waals surface area contributed by atoms with Crippen LogP contribution in [0.1, 0.15) is 37.4 Å². The first-order valence-corrected chi connectivity index (χ1v) is 10.9. The van der Waals surface area contributed by atoms with Crippen LogP contribution in [-0.2, 0) is 24.4 Å². The van der Waals surface area contributed by atoms with Crippen molar-refractivity contribution in [2.24, 2.45) is 0 Å². The Hall–Kier alpha value is -2.64. The minimum atomic E-state index is -0.0682. The molecule has 0 radical (unpaired) electrons. The van der Waals surface area contributed by atoms with Gasteiger partial charge in [-0.05, 0) is 44.8 Å². The number of nitrogens with zero attached hydrogens (tertiary/aromatic N) is 3. The van der Waals surface area contributed by atoms with Gasteiger partial charge >= 0.3 is 0 Å². The Morgan fingerprint density at radius 1 is 1.07 bits per heavy atom. The van der Waals surface area contributed by atoms with Crippen molar-refractivity contribution in [2.75, 3.05) is 26.3 Å². The second-order valence-corrected chi connectivity index (χ2v) is 7.89. The third-order valence-electron chi connectivity index (χ3n) is 5.76. The van der Waals surface area contributed by atoms with Crippen LogP contribution in [0.4, 0.5) is 0 Å². The SMILES string of the molecule is CCOCCCn1c(CN2CCCC2)c2c(=O)n(Cc3ccccc3)[nH]c2cc1=O. The molecule has 160 valence electrons. The lowest BCUT2D eigenvalue weighted by Crippen LogP contribution is -2.30. The van der Waals surface area contributed by atoms with Gasteiger partial charge in [-0.1, -0.05) is 30.3 Å². The highest BCUT2D eigenvalue weighted by Gasteiger charge is 2.21. The van der Waals surface area contributed by atoms with Gasteiger partial charge in [0.15, 0.2) is 0 Å². The van der Waals surface area contributed by atoms with E-state index in [9.17, 15) is 9.59 Å². The molecule has 0 spiro atoms.